The van der Waals surface area contributed by atoms with Crippen LogP contribution in [-0.4, -0.2) is 28.0 Å². The molecule has 1 saturated heterocycles. The molecule has 8 nitrogen and oxygen atoms in total. The van der Waals surface area contributed by atoms with Crippen molar-refractivity contribution in [3.05, 3.63) is 40.2 Å². The molecule has 26 heavy (non-hydrogen) atoms. The van der Waals surface area contributed by atoms with E-state index in [9.17, 15) is 14.5 Å². The van der Waals surface area contributed by atoms with Crippen LogP contribution in [0.3, 0.4) is 0 Å². The lowest BCUT2D eigenvalue weighted by Gasteiger charge is -2.35. The monoisotopic (exact) mass is 360 g/mol. The molecule has 1 aliphatic heterocycles. The summed E-state index contributed by atoms with van der Waals surface area (Å²) < 4.78 is 13.9. The van der Waals surface area contributed by atoms with E-state index in [1.807, 2.05) is 4.90 Å². The van der Waals surface area contributed by atoms with E-state index in [2.05, 4.69) is 29.1 Å². The highest BCUT2D eigenvalue weighted by molar-refractivity contribution is 5.72. The molecule has 0 radical (unpaired) electrons. The number of nitrogens with two attached hydrogens (primary N) is 1. The standard InChI is InChI=1S/C17H21FN6O2/c1-10-7-11(2)9-23(8-10)16-14(24(25)26)15(19)21-17(22-16)20-13-6-4-3-5-12(13)18/h3-6,10-11H,7-9H2,1-2H3,(H3,19,20,21,22)/t10-,11-/m1/s1. The molecule has 3 rings (SSSR count). The molecule has 1 fully saturated rings. The number of para-hydroxylation sites is 1. The summed E-state index contributed by atoms with van der Waals surface area (Å²) in [6.45, 7) is 5.47. The van der Waals surface area contributed by atoms with Gasteiger partial charge in [0.15, 0.2) is 0 Å². The van der Waals surface area contributed by atoms with Crippen LogP contribution in [-0.2, 0) is 0 Å². The Morgan fingerprint density at radius 3 is 2.54 bits per heavy atom. The van der Waals surface area contributed by atoms with Gasteiger partial charge in [0.25, 0.3) is 0 Å². The zero-order valence-corrected chi connectivity index (χ0v) is 14.6. The van der Waals surface area contributed by atoms with Crippen LogP contribution in [0.5, 0.6) is 0 Å². The Bertz CT molecular complexity index is 821. The van der Waals surface area contributed by atoms with Crippen LogP contribution in [0.1, 0.15) is 20.3 Å². The van der Waals surface area contributed by atoms with Crippen molar-refractivity contribution in [2.45, 2.75) is 20.3 Å². The van der Waals surface area contributed by atoms with Gasteiger partial charge < -0.3 is 16.0 Å². The minimum absolute atomic E-state index is 0.0269. The number of nitrogen functional groups attached to an aromatic ring is 1. The number of hydrogen-bond donors (Lipinski definition) is 2. The van der Waals surface area contributed by atoms with Crippen LogP contribution >= 0.6 is 0 Å². The highest BCUT2D eigenvalue weighted by atomic mass is 19.1. The fourth-order valence-corrected chi connectivity index (χ4v) is 3.43. The lowest BCUT2D eigenvalue weighted by Crippen LogP contribution is -2.39. The van der Waals surface area contributed by atoms with Crippen LogP contribution in [0, 0.1) is 27.8 Å². The summed E-state index contributed by atoms with van der Waals surface area (Å²) in [5.74, 6) is 0.216. The van der Waals surface area contributed by atoms with Gasteiger partial charge >= 0.3 is 5.69 Å². The Labute approximate surface area is 150 Å². The van der Waals surface area contributed by atoms with E-state index in [0.717, 1.165) is 6.42 Å². The fourth-order valence-electron chi connectivity index (χ4n) is 3.43. The van der Waals surface area contributed by atoms with Gasteiger partial charge in [-0.1, -0.05) is 26.0 Å². The smallest absolute Gasteiger partial charge is 0.353 e. The number of benzene rings is 1. The normalized spacial score (nSPS) is 20.0. The van der Waals surface area contributed by atoms with E-state index < -0.39 is 10.7 Å². The van der Waals surface area contributed by atoms with E-state index in [4.69, 9.17) is 5.73 Å². The molecule has 0 amide bonds. The van der Waals surface area contributed by atoms with Crippen molar-refractivity contribution in [2.24, 2.45) is 11.8 Å². The largest absolute Gasteiger partial charge is 0.378 e. The number of aromatic nitrogens is 2. The van der Waals surface area contributed by atoms with Crippen LogP contribution in [0.25, 0.3) is 0 Å². The van der Waals surface area contributed by atoms with E-state index in [1.54, 1.807) is 12.1 Å². The van der Waals surface area contributed by atoms with Gasteiger partial charge in [-0.05, 0) is 30.4 Å². The zero-order valence-electron chi connectivity index (χ0n) is 14.6. The Morgan fingerprint density at radius 2 is 1.92 bits per heavy atom. The van der Waals surface area contributed by atoms with Gasteiger partial charge in [0.1, 0.15) is 5.82 Å². The second kappa shape index (κ2) is 7.11. The first-order valence-corrected chi connectivity index (χ1v) is 8.43. The van der Waals surface area contributed by atoms with Crippen molar-refractivity contribution < 1.29 is 9.31 Å². The maximum atomic E-state index is 13.9. The van der Waals surface area contributed by atoms with E-state index >= 15 is 0 Å². The Kier molecular flexibility index (Phi) is 4.88. The molecule has 0 aliphatic carbocycles. The zero-order chi connectivity index (χ0) is 18.8. The van der Waals surface area contributed by atoms with Crippen molar-refractivity contribution >= 4 is 29.0 Å². The second-order valence-electron chi connectivity index (χ2n) is 6.82. The topological polar surface area (TPSA) is 110 Å². The molecule has 9 heteroatoms. The number of nitrogens with one attached hydrogen (secondary N) is 1. The first-order chi connectivity index (χ1) is 12.3. The van der Waals surface area contributed by atoms with Crippen molar-refractivity contribution in [1.29, 1.82) is 0 Å². The molecule has 2 atom stereocenters. The highest BCUT2D eigenvalue weighted by Gasteiger charge is 2.31. The van der Waals surface area contributed by atoms with E-state index in [0.29, 0.717) is 24.9 Å². The number of rotatable bonds is 4. The predicted molar refractivity (Wildman–Crippen MR) is 97.9 cm³/mol. The van der Waals surface area contributed by atoms with Gasteiger partial charge in [-0.25, -0.2) is 4.39 Å². The van der Waals surface area contributed by atoms with Crippen molar-refractivity contribution in [3.63, 3.8) is 0 Å². The fraction of sp³-hybridized carbons (Fsp3) is 0.412. The van der Waals surface area contributed by atoms with E-state index in [-0.39, 0.29) is 29.0 Å². The van der Waals surface area contributed by atoms with E-state index in [1.165, 1.54) is 12.1 Å². The summed E-state index contributed by atoms with van der Waals surface area (Å²) in [4.78, 5) is 21.0. The summed E-state index contributed by atoms with van der Waals surface area (Å²) >= 11 is 0. The third kappa shape index (κ3) is 3.66. The summed E-state index contributed by atoms with van der Waals surface area (Å²) in [6, 6.07) is 6.05. The highest BCUT2D eigenvalue weighted by Crippen LogP contribution is 2.36. The number of nitrogens with zero attached hydrogens (tertiary/aromatic N) is 4. The second-order valence-corrected chi connectivity index (χ2v) is 6.82. The van der Waals surface area contributed by atoms with Gasteiger partial charge in [0.05, 0.1) is 10.6 Å². The Hall–Kier alpha value is -2.97. The van der Waals surface area contributed by atoms with Gasteiger partial charge in [0.2, 0.25) is 17.6 Å². The summed E-state index contributed by atoms with van der Waals surface area (Å²) in [7, 11) is 0. The van der Waals surface area contributed by atoms with Crippen molar-refractivity contribution in [1.82, 2.24) is 9.97 Å². The number of halogens is 1. The lowest BCUT2D eigenvalue weighted by molar-refractivity contribution is -0.383. The third-order valence-corrected chi connectivity index (χ3v) is 4.36. The first kappa shape index (κ1) is 17.8. The molecule has 0 saturated carbocycles. The molecule has 2 heterocycles. The third-order valence-electron chi connectivity index (χ3n) is 4.36. The quantitative estimate of drug-likeness (QED) is 0.635. The summed E-state index contributed by atoms with van der Waals surface area (Å²) in [6.07, 6.45) is 1.05. The molecule has 1 aliphatic rings. The van der Waals surface area contributed by atoms with Gasteiger partial charge in [0, 0.05) is 13.1 Å². The molecular weight excluding hydrogens is 339 g/mol. The molecule has 1 aromatic carbocycles. The molecule has 0 bridgehead atoms. The molecular formula is C17H21FN6O2. The summed E-state index contributed by atoms with van der Waals surface area (Å²) in [5.41, 5.74) is 5.70. The minimum Gasteiger partial charge on any atom is -0.378 e. The van der Waals surface area contributed by atoms with Gasteiger partial charge in [-0.3, -0.25) is 10.1 Å². The van der Waals surface area contributed by atoms with Crippen LogP contribution in [0.2, 0.25) is 0 Å². The maximum Gasteiger partial charge on any atom is 0.353 e. The van der Waals surface area contributed by atoms with Crippen LogP contribution in [0.15, 0.2) is 24.3 Å². The number of piperidine rings is 1. The molecule has 3 N–H and O–H groups in total. The Balaban J connectivity index is 2.02. The SMILES string of the molecule is C[C@@H]1C[C@@H](C)CN(c2nc(Nc3ccccc3F)nc(N)c2[N+](=O)[O-])C1. The minimum atomic E-state index is -0.568. The van der Waals surface area contributed by atoms with Crippen molar-refractivity contribution in [3.8, 4) is 0 Å². The molecule has 2 aromatic rings. The molecule has 0 spiro atoms. The van der Waals surface area contributed by atoms with Crippen LogP contribution in [0.4, 0.5) is 33.3 Å². The van der Waals surface area contributed by atoms with Crippen LogP contribution < -0.4 is 16.0 Å². The van der Waals surface area contributed by atoms with Gasteiger partial charge in [-0.2, -0.15) is 9.97 Å². The number of hydrogen-bond acceptors (Lipinski definition) is 7. The summed E-state index contributed by atoms with van der Waals surface area (Å²) in [5, 5.41) is 14.3. The maximum absolute atomic E-state index is 13.9. The number of anilines is 4. The molecule has 0 unspecified atom stereocenters. The van der Waals surface area contributed by atoms with Gasteiger partial charge in [-0.15, -0.1) is 0 Å². The predicted octanol–water partition coefficient (Wildman–Crippen LogP) is 3.33. The first-order valence-electron chi connectivity index (χ1n) is 8.43. The number of nitro groups is 1. The molecule has 138 valence electrons. The average Bonchev–Trinajstić information content (AvgIpc) is 2.55. The lowest BCUT2D eigenvalue weighted by atomic mass is 9.92. The average molecular weight is 360 g/mol. The Morgan fingerprint density at radius 1 is 1.27 bits per heavy atom. The molecule has 1 aromatic heterocycles. The van der Waals surface area contributed by atoms with Crippen molar-refractivity contribution in [2.75, 3.05) is 29.0 Å².